The zero-order chi connectivity index (χ0) is 24.6. The molecule has 2 aromatic rings. The number of alkyl halides is 6. The quantitative estimate of drug-likeness (QED) is 0.606. The van der Waals surface area contributed by atoms with E-state index in [1.165, 1.54) is 18.2 Å². The van der Waals surface area contributed by atoms with Crippen molar-refractivity contribution in [3.63, 3.8) is 0 Å². The van der Waals surface area contributed by atoms with Gasteiger partial charge in [0.15, 0.2) is 5.75 Å². The van der Waals surface area contributed by atoms with Crippen LogP contribution in [-0.2, 0) is 27.7 Å². The predicted molar refractivity (Wildman–Crippen MR) is 105 cm³/mol. The fourth-order valence-corrected chi connectivity index (χ4v) is 4.61. The summed E-state index contributed by atoms with van der Waals surface area (Å²) in [5.74, 6) is -2.99. The summed E-state index contributed by atoms with van der Waals surface area (Å²) in [5, 5.41) is -0.184. The Balaban J connectivity index is 1.84. The summed E-state index contributed by atoms with van der Waals surface area (Å²) in [6.07, 6.45) is -10.0. The van der Waals surface area contributed by atoms with Crippen molar-refractivity contribution >= 4 is 33.2 Å². The predicted octanol–water partition coefficient (Wildman–Crippen LogP) is 4.53. The molecule has 1 N–H and O–H groups in total. The molecule has 0 bridgehead atoms. The second-order valence-electron chi connectivity index (χ2n) is 7.02. The van der Waals surface area contributed by atoms with Gasteiger partial charge in [0.25, 0.3) is 10.0 Å². The van der Waals surface area contributed by atoms with Gasteiger partial charge in [-0.05, 0) is 48.2 Å². The van der Waals surface area contributed by atoms with Gasteiger partial charge in [-0.2, -0.15) is 13.2 Å². The van der Waals surface area contributed by atoms with Crippen LogP contribution in [0.1, 0.15) is 11.1 Å². The molecule has 1 amide bonds. The molecule has 1 heterocycles. The molecule has 0 spiro atoms. The van der Waals surface area contributed by atoms with Crippen LogP contribution in [0.4, 0.5) is 32.0 Å². The highest BCUT2D eigenvalue weighted by Gasteiger charge is 2.42. The molecule has 3 rings (SSSR count). The normalized spacial score (nSPS) is 14.9. The van der Waals surface area contributed by atoms with Gasteiger partial charge in [-0.15, -0.1) is 13.2 Å². The van der Waals surface area contributed by atoms with Gasteiger partial charge in [-0.1, -0.05) is 17.7 Å². The van der Waals surface area contributed by atoms with E-state index in [1.54, 1.807) is 0 Å². The fourth-order valence-electron chi connectivity index (χ4n) is 3.29. The van der Waals surface area contributed by atoms with Gasteiger partial charge in [0, 0.05) is 29.9 Å². The van der Waals surface area contributed by atoms with Gasteiger partial charge in [0.1, 0.15) is 4.90 Å². The summed E-state index contributed by atoms with van der Waals surface area (Å²) in [7, 11) is -4.56. The zero-order valence-corrected chi connectivity index (χ0v) is 18.0. The van der Waals surface area contributed by atoms with Crippen LogP contribution in [0.25, 0.3) is 0 Å². The number of ether oxygens (including phenoxy) is 1. The number of benzene rings is 2. The molecule has 14 heteroatoms. The lowest BCUT2D eigenvalue weighted by Crippen LogP contribution is -2.42. The highest BCUT2D eigenvalue weighted by atomic mass is 35.5. The van der Waals surface area contributed by atoms with Gasteiger partial charge in [-0.25, -0.2) is 8.42 Å². The molecule has 33 heavy (non-hydrogen) atoms. The maximum absolute atomic E-state index is 12.7. The van der Waals surface area contributed by atoms with Gasteiger partial charge >= 0.3 is 18.4 Å². The number of nitrogens with one attached hydrogen (secondary N) is 1. The third-order valence-corrected chi connectivity index (χ3v) is 6.37. The van der Waals surface area contributed by atoms with E-state index in [-0.39, 0.29) is 36.6 Å². The monoisotopic (exact) mass is 516 g/mol. The molecule has 0 unspecified atom stereocenters. The minimum absolute atomic E-state index is 0.0239. The lowest BCUT2D eigenvalue weighted by atomic mass is 10.0. The van der Waals surface area contributed by atoms with Crippen LogP contribution < -0.4 is 9.46 Å². The van der Waals surface area contributed by atoms with Crippen molar-refractivity contribution in [2.75, 3.05) is 17.8 Å². The summed E-state index contributed by atoms with van der Waals surface area (Å²) in [6, 6.07) is 6.77. The summed E-state index contributed by atoms with van der Waals surface area (Å²) in [5.41, 5.74) is 1.08. The van der Waals surface area contributed by atoms with E-state index in [1.807, 2.05) is 0 Å². The number of hydrogen-bond acceptors (Lipinski definition) is 4. The summed E-state index contributed by atoms with van der Waals surface area (Å²) in [4.78, 5) is 11.3. The average Bonchev–Trinajstić information content (AvgIpc) is 2.87. The maximum Gasteiger partial charge on any atom is 0.573 e. The molecule has 0 fully saturated rings. The number of anilines is 1. The Morgan fingerprint density at radius 1 is 0.970 bits per heavy atom. The largest absolute Gasteiger partial charge is 0.573 e. The Hall–Kier alpha value is -2.67. The van der Waals surface area contributed by atoms with Crippen molar-refractivity contribution in [3.8, 4) is 5.75 Å². The van der Waals surface area contributed by atoms with Gasteiger partial charge in [-0.3, -0.25) is 9.52 Å². The van der Waals surface area contributed by atoms with Crippen LogP contribution in [0.2, 0.25) is 5.02 Å². The van der Waals surface area contributed by atoms with Crippen molar-refractivity contribution in [3.05, 3.63) is 52.5 Å². The number of halogens is 7. The highest BCUT2D eigenvalue weighted by molar-refractivity contribution is 7.92. The number of carbonyl (C=O) groups excluding carboxylic acids is 1. The molecule has 0 atom stereocenters. The second-order valence-corrected chi connectivity index (χ2v) is 9.11. The van der Waals surface area contributed by atoms with Gasteiger partial charge in [0.2, 0.25) is 0 Å². The molecule has 180 valence electrons. The molecule has 1 aliphatic rings. The van der Waals surface area contributed by atoms with E-state index in [9.17, 15) is 39.6 Å². The van der Waals surface area contributed by atoms with Crippen LogP contribution in [0.15, 0.2) is 41.3 Å². The molecule has 0 saturated heterocycles. The van der Waals surface area contributed by atoms with Crippen molar-refractivity contribution in [2.45, 2.75) is 30.3 Å². The number of nitrogens with zero attached hydrogens (tertiary/aromatic N) is 1. The molecule has 0 aliphatic carbocycles. The van der Waals surface area contributed by atoms with Crippen molar-refractivity contribution in [2.24, 2.45) is 0 Å². The van der Waals surface area contributed by atoms with Crippen molar-refractivity contribution in [1.29, 1.82) is 0 Å². The van der Waals surface area contributed by atoms with Gasteiger partial charge < -0.3 is 9.64 Å². The van der Waals surface area contributed by atoms with Crippen LogP contribution in [0.3, 0.4) is 0 Å². The first-order chi connectivity index (χ1) is 15.2. The lowest BCUT2D eigenvalue weighted by Gasteiger charge is -2.21. The van der Waals surface area contributed by atoms with E-state index in [2.05, 4.69) is 9.46 Å². The number of hydrogen-bond donors (Lipinski definition) is 1. The van der Waals surface area contributed by atoms with E-state index in [0.29, 0.717) is 22.1 Å². The SMILES string of the molecule is O=C(N1CCc2ccc(NS(=O)(=O)c3ccc(Cl)cc3OC(F)(F)F)cc2CC1)C(F)(F)F. The maximum atomic E-state index is 12.7. The van der Waals surface area contributed by atoms with E-state index < -0.39 is 39.1 Å². The van der Waals surface area contributed by atoms with E-state index >= 15 is 0 Å². The molecule has 6 nitrogen and oxygen atoms in total. The third-order valence-electron chi connectivity index (χ3n) is 4.71. The first kappa shape index (κ1) is 25.0. The standard InChI is InChI=1S/C19H15ClF6N2O4S/c20-13-2-4-16(15(10-13)32-19(24,25)26)33(30,31)27-14-3-1-11-5-7-28(8-6-12(11)9-14)17(29)18(21,22)23/h1-4,9-10,27H,5-8H2. The first-order valence-corrected chi connectivity index (χ1v) is 11.1. The summed E-state index contributed by atoms with van der Waals surface area (Å²) >= 11 is 5.65. The van der Waals surface area contributed by atoms with E-state index in [0.717, 1.165) is 12.1 Å². The van der Waals surface area contributed by atoms with Crippen LogP contribution >= 0.6 is 11.6 Å². The summed E-state index contributed by atoms with van der Waals surface area (Å²) < 4.78 is 108. The first-order valence-electron chi connectivity index (χ1n) is 9.22. The zero-order valence-electron chi connectivity index (χ0n) is 16.4. The van der Waals surface area contributed by atoms with Crippen LogP contribution in [0, 0.1) is 0 Å². The third kappa shape index (κ3) is 6.22. The number of sulfonamides is 1. The highest BCUT2D eigenvalue weighted by Crippen LogP contribution is 2.33. The average molecular weight is 517 g/mol. The lowest BCUT2D eigenvalue weighted by molar-refractivity contribution is -0.275. The van der Waals surface area contributed by atoms with Gasteiger partial charge in [0.05, 0.1) is 0 Å². The molecule has 0 aromatic heterocycles. The molecule has 2 aromatic carbocycles. The molecular weight excluding hydrogens is 502 g/mol. The Morgan fingerprint density at radius 3 is 2.21 bits per heavy atom. The molecular formula is C19H15ClF6N2O4S. The van der Waals surface area contributed by atoms with Crippen molar-refractivity contribution in [1.82, 2.24) is 4.90 Å². The number of fused-ring (bicyclic) bond motifs is 1. The van der Waals surface area contributed by atoms with Crippen molar-refractivity contribution < 1.29 is 44.3 Å². The number of rotatable bonds is 4. The van der Waals surface area contributed by atoms with Crippen LogP contribution in [-0.4, -0.2) is 44.9 Å². The number of amides is 1. The fraction of sp³-hybridized carbons (Fsp3) is 0.316. The molecule has 0 radical (unpaired) electrons. The molecule has 1 aliphatic heterocycles. The Morgan fingerprint density at radius 2 is 1.61 bits per heavy atom. The topological polar surface area (TPSA) is 75.7 Å². The minimum Gasteiger partial charge on any atom is -0.404 e. The Bertz CT molecular complexity index is 1170. The Kier molecular flexibility index (Phi) is 6.76. The minimum atomic E-state index is -5.17. The Labute approximate surface area is 189 Å². The van der Waals surface area contributed by atoms with E-state index in [4.69, 9.17) is 11.6 Å². The summed E-state index contributed by atoms with van der Waals surface area (Å²) in [6.45, 7) is -0.401. The van der Waals surface area contributed by atoms with Crippen LogP contribution in [0.5, 0.6) is 5.75 Å². The second kappa shape index (κ2) is 8.93. The number of carbonyl (C=O) groups is 1. The molecule has 0 saturated carbocycles. The smallest absolute Gasteiger partial charge is 0.404 e.